The lowest BCUT2D eigenvalue weighted by Crippen LogP contribution is -2.30. The van der Waals surface area contributed by atoms with E-state index in [2.05, 4.69) is 0 Å². The summed E-state index contributed by atoms with van der Waals surface area (Å²) in [6, 6.07) is 6.32. The van der Waals surface area contributed by atoms with Gasteiger partial charge in [0.1, 0.15) is 0 Å². The van der Waals surface area contributed by atoms with Gasteiger partial charge < -0.3 is 10.0 Å². The maximum Gasteiger partial charge on any atom is 0.308 e. The first-order valence-corrected chi connectivity index (χ1v) is 5.67. The number of hydrogen-bond donors (Lipinski definition) is 3. The van der Waals surface area contributed by atoms with Crippen LogP contribution in [0, 0.1) is 5.92 Å². The highest BCUT2D eigenvalue weighted by molar-refractivity contribution is 6.01. The van der Waals surface area contributed by atoms with Gasteiger partial charge in [-0.3, -0.25) is 19.8 Å². The first kappa shape index (κ1) is 13.0. The zero-order valence-corrected chi connectivity index (χ0v) is 10.00. The predicted octanol–water partition coefficient (Wildman–Crippen LogP) is -0.272. The summed E-state index contributed by atoms with van der Waals surface area (Å²) in [5, 5.41) is 8.92. The number of anilines is 1. The van der Waals surface area contributed by atoms with Gasteiger partial charge in [-0.15, -0.1) is 0 Å². The maximum atomic E-state index is 11.8. The Balaban J connectivity index is 2.25. The molecule has 2 amide bonds. The molecule has 1 aliphatic rings. The molecular weight excluding hydrogens is 250 g/mol. The summed E-state index contributed by atoms with van der Waals surface area (Å²) in [4.78, 5) is 35.4. The molecule has 19 heavy (non-hydrogen) atoms. The zero-order valence-electron chi connectivity index (χ0n) is 10.00. The number of carbonyl (C=O) groups is 3. The minimum absolute atomic E-state index is 0.0252. The van der Waals surface area contributed by atoms with Crippen molar-refractivity contribution < 1.29 is 19.5 Å². The average molecular weight is 263 g/mol. The lowest BCUT2D eigenvalue weighted by molar-refractivity contribution is -0.141. The molecule has 1 saturated heterocycles. The number of hydrazine groups is 1. The van der Waals surface area contributed by atoms with Crippen molar-refractivity contribution in [3.05, 3.63) is 29.8 Å². The fourth-order valence-corrected chi connectivity index (χ4v) is 2.02. The second-order valence-corrected chi connectivity index (χ2v) is 4.27. The largest absolute Gasteiger partial charge is 0.481 e. The Kier molecular flexibility index (Phi) is 3.48. The van der Waals surface area contributed by atoms with Gasteiger partial charge in [0.2, 0.25) is 5.91 Å². The molecule has 0 saturated carbocycles. The molecule has 2 rings (SSSR count). The van der Waals surface area contributed by atoms with E-state index in [1.165, 1.54) is 11.0 Å². The second kappa shape index (κ2) is 5.07. The third kappa shape index (κ3) is 2.55. The van der Waals surface area contributed by atoms with Crippen LogP contribution in [-0.2, 0) is 9.59 Å². The number of benzene rings is 1. The summed E-state index contributed by atoms with van der Waals surface area (Å²) in [6.45, 7) is 0.113. The highest BCUT2D eigenvalue weighted by atomic mass is 16.4. The normalized spacial score (nSPS) is 18.5. The van der Waals surface area contributed by atoms with Gasteiger partial charge >= 0.3 is 5.97 Å². The number of carboxylic acids is 1. The first-order valence-electron chi connectivity index (χ1n) is 5.67. The standard InChI is InChI=1S/C12H13N3O4/c13-14-11(17)7-2-1-3-9(4-7)15-6-8(12(18)19)5-10(15)16/h1-4,8H,5-6,13H2,(H,14,17)(H,18,19). The van der Waals surface area contributed by atoms with Crippen LogP contribution in [0.4, 0.5) is 5.69 Å². The van der Waals surface area contributed by atoms with E-state index in [4.69, 9.17) is 10.9 Å². The number of nitrogens with one attached hydrogen (secondary N) is 1. The fourth-order valence-electron chi connectivity index (χ4n) is 2.02. The van der Waals surface area contributed by atoms with Crippen molar-refractivity contribution in [2.75, 3.05) is 11.4 Å². The maximum absolute atomic E-state index is 11.8. The van der Waals surface area contributed by atoms with E-state index in [0.717, 1.165) is 0 Å². The van der Waals surface area contributed by atoms with E-state index in [0.29, 0.717) is 11.3 Å². The van der Waals surface area contributed by atoms with E-state index in [9.17, 15) is 14.4 Å². The molecule has 4 N–H and O–H groups in total. The minimum Gasteiger partial charge on any atom is -0.481 e. The van der Waals surface area contributed by atoms with Crippen LogP contribution < -0.4 is 16.2 Å². The molecule has 7 nitrogen and oxygen atoms in total. The highest BCUT2D eigenvalue weighted by Gasteiger charge is 2.35. The van der Waals surface area contributed by atoms with Crippen molar-refractivity contribution in [2.45, 2.75) is 6.42 Å². The van der Waals surface area contributed by atoms with E-state index in [1.54, 1.807) is 18.2 Å². The van der Waals surface area contributed by atoms with Crippen molar-refractivity contribution in [1.29, 1.82) is 0 Å². The van der Waals surface area contributed by atoms with Gasteiger partial charge in [-0.1, -0.05) is 6.07 Å². The Labute approximate surface area is 109 Å². The number of nitrogens with zero attached hydrogens (tertiary/aromatic N) is 1. The van der Waals surface area contributed by atoms with Crippen LogP contribution in [-0.4, -0.2) is 29.4 Å². The van der Waals surface area contributed by atoms with Gasteiger partial charge in [0.25, 0.3) is 5.91 Å². The van der Waals surface area contributed by atoms with Crippen molar-refractivity contribution in [2.24, 2.45) is 11.8 Å². The molecule has 1 fully saturated rings. The van der Waals surface area contributed by atoms with Crippen molar-refractivity contribution >= 4 is 23.5 Å². The molecule has 0 spiro atoms. The topological polar surface area (TPSA) is 113 Å². The smallest absolute Gasteiger partial charge is 0.308 e. The first-order chi connectivity index (χ1) is 9.02. The van der Waals surface area contributed by atoms with Gasteiger partial charge in [0.05, 0.1) is 5.92 Å². The molecule has 0 bridgehead atoms. The molecule has 1 aliphatic heterocycles. The number of hydrogen-bond acceptors (Lipinski definition) is 4. The van der Waals surface area contributed by atoms with Crippen molar-refractivity contribution in [1.82, 2.24) is 5.43 Å². The van der Waals surface area contributed by atoms with Crippen molar-refractivity contribution in [3.63, 3.8) is 0 Å². The van der Waals surface area contributed by atoms with Gasteiger partial charge in [0, 0.05) is 24.2 Å². The summed E-state index contributed by atoms with van der Waals surface area (Å²) in [5.41, 5.74) is 2.81. The number of carbonyl (C=O) groups excluding carboxylic acids is 2. The van der Waals surface area contributed by atoms with Crippen LogP contribution in [0.2, 0.25) is 0 Å². The molecule has 1 unspecified atom stereocenters. The number of nitrogens with two attached hydrogens (primary N) is 1. The molecule has 1 aromatic rings. The van der Waals surface area contributed by atoms with Crippen LogP contribution in [0.5, 0.6) is 0 Å². The molecule has 1 aromatic carbocycles. The minimum atomic E-state index is -0.994. The molecule has 0 radical (unpaired) electrons. The molecular formula is C12H13N3O4. The third-order valence-electron chi connectivity index (χ3n) is 3.03. The zero-order chi connectivity index (χ0) is 14.0. The van der Waals surface area contributed by atoms with Crippen molar-refractivity contribution in [3.8, 4) is 0 Å². The molecule has 7 heteroatoms. The summed E-state index contributed by atoms with van der Waals surface area (Å²) in [7, 11) is 0. The van der Waals surface area contributed by atoms with Gasteiger partial charge in [-0.05, 0) is 18.2 Å². The quantitative estimate of drug-likeness (QED) is 0.394. The average Bonchev–Trinajstić information content (AvgIpc) is 2.80. The Bertz CT molecular complexity index is 544. The Hall–Kier alpha value is -2.41. The van der Waals surface area contributed by atoms with Gasteiger partial charge in [0.15, 0.2) is 0 Å². The number of aliphatic carboxylic acids is 1. The van der Waals surface area contributed by atoms with Crippen LogP contribution in [0.25, 0.3) is 0 Å². The van der Waals surface area contributed by atoms with Crippen LogP contribution in [0.3, 0.4) is 0 Å². The summed E-state index contributed by atoms with van der Waals surface area (Å²) < 4.78 is 0. The molecule has 0 aromatic heterocycles. The summed E-state index contributed by atoms with van der Waals surface area (Å²) in [5.74, 6) is 2.60. The van der Waals surface area contributed by atoms with E-state index >= 15 is 0 Å². The van der Waals surface area contributed by atoms with Gasteiger partial charge in [-0.2, -0.15) is 0 Å². The fraction of sp³-hybridized carbons (Fsp3) is 0.250. The number of carboxylic acid groups (broad SMARTS) is 1. The van der Waals surface area contributed by atoms with E-state index in [-0.39, 0.29) is 18.9 Å². The van der Waals surface area contributed by atoms with E-state index in [1.807, 2.05) is 5.43 Å². The Morgan fingerprint density at radius 1 is 1.42 bits per heavy atom. The van der Waals surface area contributed by atoms with E-state index < -0.39 is 17.8 Å². The van der Waals surface area contributed by atoms with Crippen LogP contribution in [0.1, 0.15) is 16.8 Å². The number of rotatable bonds is 3. The number of amides is 2. The number of nitrogen functional groups attached to an aromatic ring is 1. The molecule has 100 valence electrons. The molecule has 1 atom stereocenters. The molecule has 0 aliphatic carbocycles. The predicted molar refractivity (Wildman–Crippen MR) is 66.2 cm³/mol. The third-order valence-corrected chi connectivity index (χ3v) is 3.03. The van der Waals surface area contributed by atoms with Gasteiger partial charge in [-0.25, -0.2) is 5.84 Å². The van der Waals surface area contributed by atoms with Crippen LogP contribution >= 0.6 is 0 Å². The summed E-state index contributed by atoms with van der Waals surface area (Å²) >= 11 is 0. The molecule has 1 heterocycles. The Morgan fingerprint density at radius 2 is 2.16 bits per heavy atom. The summed E-state index contributed by atoms with van der Waals surface area (Å²) in [6.07, 6.45) is -0.0252. The van der Waals surface area contributed by atoms with Crippen LogP contribution in [0.15, 0.2) is 24.3 Å². The second-order valence-electron chi connectivity index (χ2n) is 4.27. The monoisotopic (exact) mass is 263 g/mol. The SMILES string of the molecule is NNC(=O)c1cccc(N2CC(C(=O)O)CC2=O)c1. The lowest BCUT2D eigenvalue weighted by Gasteiger charge is -2.16. The Morgan fingerprint density at radius 3 is 2.74 bits per heavy atom. The highest BCUT2D eigenvalue weighted by Crippen LogP contribution is 2.25. The lowest BCUT2D eigenvalue weighted by atomic mass is 10.1.